The molecular formula is C16H19N5O3. The number of ether oxygens (including phenoxy) is 1. The molecule has 8 nitrogen and oxygen atoms in total. The van der Waals surface area contributed by atoms with Gasteiger partial charge in [-0.1, -0.05) is 0 Å². The van der Waals surface area contributed by atoms with Crippen LogP contribution in [0.25, 0.3) is 0 Å². The molecule has 0 saturated carbocycles. The number of hydrogen-bond donors (Lipinski definition) is 0. The van der Waals surface area contributed by atoms with Gasteiger partial charge in [-0.25, -0.2) is 15.0 Å². The minimum atomic E-state index is -0.224. The monoisotopic (exact) mass is 329 g/mol. The molecule has 0 radical (unpaired) electrons. The van der Waals surface area contributed by atoms with Crippen LogP contribution >= 0.6 is 0 Å². The van der Waals surface area contributed by atoms with Crippen molar-refractivity contribution in [1.29, 1.82) is 0 Å². The number of hydrogen-bond acceptors (Lipinski definition) is 6. The van der Waals surface area contributed by atoms with Gasteiger partial charge < -0.3 is 9.64 Å². The Labute approximate surface area is 139 Å². The third kappa shape index (κ3) is 3.95. The molecule has 126 valence electrons. The molecule has 3 rings (SSSR count). The van der Waals surface area contributed by atoms with Crippen molar-refractivity contribution < 1.29 is 9.53 Å². The van der Waals surface area contributed by atoms with Crippen LogP contribution in [0.5, 0.6) is 6.01 Å². The van der Waals surface area contributed by atoms with E-state index in [0.29, 0.717) is 24.8 Å². The van der Waals surface area contributed by atoms with Gasteiger partial charge in [0.1, 0.15) is 12.6 Å². The molecule has 0 aliphatic carbocycles. The van der Waals surface area contributed by atoms with Crippen molar-refractivity contribution >= 4 is 5.91 Å². The van der Waals surface area contributed by atoms with Gasteiger partial charge in [0.25, 0.3) is 5.56 Å². The van der Waals surface area contributed by atoms with E-state index in [-0.39, 0.29) is 24.1 Å². The number of rotatable bonds is 4. The number of likely N-dealkylation sites (tertiary alicyclic amines) is 1. The molecule has 2 aromatic rings. The van der Waals surface area contributed by atoms with Crippen molar-refractivity contribution in [2.75, 3.05) is 13.1 Å². The van der Waals surface area contributed by atoms with Crippen LogP contribution in [0.4, 0.5) is 0 Å². The molecule has 1 aliphatic heterocycles. The summed E-state index contributed by atoms with van der Waals surface area (Å²) in [6.45, 7) is 2.85. The van der Waals surface area contributed by atoms with Gasteiger partial charge in [0.2, 0.25) is 5.91 Å². The highest BCUT2D eigenvalue weighted by molar-refractivity contribution is 5.76. The maximum absolute atomic E-state index is 12.5. The van der Waals surface area contributed by atoms with Gasteiger partial charge in [-0.05, 0) is 25.8 Å². The van der Waals surface area contributed by atoms with E-state index in [4.69, 9.17) is 4.74 Å². The Bertz CT molecular complexity index is 762. The maximum atomic E-state index is 12.5. The zero-order valence-corrected chi connectivity index (χ0v) is 13.5. The Balaban J connectivity index is 1.61. The van der Waals surface area contributed by atoms with Crippen LogP contribution in [0, 0.1) is 6.92 Å². The highest BCUT2D eigenvalue weighted by atomic mass is 16.5. The molecule has 8 heteroatoms. The molecule has 1 aliphatic rings. The van der Waals surface area contributed by atoms with Crippen molar-refractivity contribution in [3.8, 4) is 6.01 Å². The van der Waals surface area contributed by atoms with Crippen molar-refractivity contribution in [3.63, 3.8) is 0 Å². The van der Waals surface area contributed by atoms with Gasteiger partial charge in [-0.2, -0.15) is 0 Å². The van der Waals surface area contributed by atoms with Crippen LogP contribution < -0.4 is 10.3 Å². The van der Waals surface area contributed by atoms with Crippen LogP contribution in [0.15, 0.2) is 35.6 Å². The lowest BCUT2D eigenvalue weighted by Crippen LogP contribution is -2.46. The molecule has 1 fully saturated rings. The summed E-state index contributed by atoms with van der Waals surface area (Å²) in [5, 5.41) is 0. The summed E-state index contributed by atoms with van der Waals surface area (Å²) < 4.78 is 7.05. The number of piperidine rings is 1. The number of aromatic nitrogens is 4. The van der Waals surface area contributed by atoms with E-state index in [1.807, 2.05) is 0 Å². The molecular weight excluding hydrogens is 310 g/mol. The molecule has 1 amide bonds. The van der Waals surface area contributed by atoms with Crippen molar-refractivity contribution in [3.05, 3.63) is 46.9 Å². The molecule has 0 bridgehead atoms. The lowest BCUT2D eigenvalue weighted by molar-refractivity contribution is -0.134. The lowest BCUT2D eigenvalue weighted by atomic mass is 10.1. The average molecular weight is 329 g/mol. The summed E-state index contributed by atoms with van der Waals surface area (Å²) in [5.74, 6) is -0.120. The SMILES string of the molecule is Cc1cc(=O)n(CC(=O)N2CCCC(Oc3ncccn3)C2)cn1. The molecule has 24 heavy (non-hydrogen) atoms. The lowest BCUT2D eigenvalue weighted by Gasteiger charge is -2.32. The zero-order chi connectivity index (χ0) is 16.9. The zero-order valence-electron chi connectivity index (χ0n) is 13.5. The Morgan fingerprint density at radius 1 is 1.33 bits per heavy atom. The van der Waals surface area contributed by atoms with Crippen LogP contribution in [0.1, 0.15) is 18.5 Å². The standard InChI is InChI=1S/C16H19N5O3/c1-12-8-14(22)21(11-19-12)10-15(23)20-7-2-4-13(9-20)24-16-17-5-3-6-18-16/h3,5-6,8,11,13H,2,4,7,9-10H2,1H3. The van der Waals surface area contributed by atoms with Crippen molar-refractivity contribution in [2.24, 2.45) is 0 Å². The minimum absolute atomic E-state index is 0.0132. The smallest absolute Gasteiger partial charge is 0.316 e. The van der Waals surface area contributed by atoms with Gasteiger partial charge >= 0.3 is 6.01 Å². The molecule has 3 heterocycles. The summed E-state index contributed by atoms with van der Waals surface area (Å²) in [5.41, 5.74) is 0.413. The van der Waals surface area contributed by atoms with Crippen LogP contribution in [0.2, 0.25) is 0 Å². The molecule has 2 aromatic heterocycles. The fourth-order valence-electron chi connectivity index (χ4n) is 2.64. The Morgan fingerprint density at radius 3 is 2.88 bits per heavy atom. The predicted octanol–water partition coefficient (Wildman–Crippen LogP) is 0.412. The van der Waals surface area contributed by atoms with E-state index in [2.05, 4.69) is 15.0 Å². The molecule has 1 saturated heterocycles. The van der Waals surface area contributed by atoms with Crippen LogP contribution in [0.3, 0.4) is 0 Å². The number of amides is 1. The third-order valence-corrected chi connectivity index (χ3v) is 3.87. The summed E-state index contributed by atoms with van der Waals surface area (Å²) in [4.78, 5) is 38.2. The van der Waals surface area contributed by atoms with Crippen LogP contribution in [-0.4, -0.2) is 49.5 Å². The minimum Gasteiger partial charge on any atom is -0.458 e. The largest absolute Gasteiger partial charge is 0.458 e. The third-order valence-electron chi connectivity index (χ3n) is 3.87. The van der Waals surface area contributed by atoms with Gasteiger partial charge in [0.05, 0.1) is 12.9 Å². The first-order chi connectivity index (χ1) is 11.6. The summed E-state index contributed by atoms with van der Waals surface area (Å²) in [7, 11) is 0. The summed E-state index contributed by atoms with van der Waals surface area (Å²) >= 11 is 0. The highest BCUT2D eigenvalue weighted by Crippen LogP contribution is 2.15. The Hall–Kier alpha value is -2.77. The predicted molar refractivity (Wildman–Crippen MR) is 85.5 cm³/mol. The van der Waals surface area contributed by atoms with Gasteiger partial charge in [-0.3, -0.25) is 14.2 Å². The van der Waals surface area contributed by atoms with E-state index in [0.717, 1.165) is 12.8 Å². The van der Waals surface area contributed by atoms with Crippen molar-refractivity contribution in [1.82, 2.24) is 24.4 Å². The Morgan fingerprint density at radius 2 is 2.12 bits per heavy atom. The average Bonchev–Trinajstić information content (AvgIpc) is 2.58. The van der Waals surface area contributed by atoms with Gasteiger partial charge in [-0.15, -0.1) is 0 Å². The molecule has 0 aromatic carbocycles. The quantitative estimate of drug-likeness (QED) is 0.807. The van der Waals surface area contributed by atoms with E-state index in [1.54, 1.807) is 30.3 Å². The molecule has 1 unspecified atom stereocenters. The van der Waals surface area contributed by atoms with E-state index in [1.165, 1.54) is 17.0 Å². The summed E-state index contributed by atoms with van der Waals surface area (Å²) in [6.07, 6.45) is 6.18. The second kappa shape index (κ2) is 7.20. The first kappa shape index (κ1) is 16.1. The van der Waals surface area contributed by atoms with Gasteiger partial charge in [0, 0.05) is 30.7 Å². The molecule has 1 atom stereocenters. The van der Waals surface area contributed by atoms with Crippen LogP contribution in [-0.2, 0) is 11.3 Å². The summed E-state index contributed by atoms with van der Waals surface area (Å²) in [6, 6.07) is 3.45. The maximum Gasteiger partial charge on any atom is 0.316 e. The topological polar surface area (TPSA) is 90.2 Å². The fourth-order valence-corrected chi connectivity index (χ4v) is 2.64. The van der Waals surface area contributed by atoms with Gasteiger partial charge in [0.15, 0.2) is 0 Å². The first-order valence-electron chi connectivity index (χ1n) is 7.86. The molecule has 0 spiro atoms. The second-order valence-electron chi connectivity index (χ2n) is 5.75. The second-order valence-corrected chi connectivity index (χ2v) is 5.75. The normalized spacial score (nSPS) is 17.5. The first-order valence-corrected chi connectivity index (χ1v) is 7.86. The van der Waals surface area contributed by atoms with E-state index in [9.17, 15) is 9.59 Å². The highest BCUT2D eigenvalue weighted by Gasteiger charge is 2.25. The fraction of sp³-hybridized carbons (Fsp3) is 0.438. The van der Waals surface area contributed by atoms with E-state index >= 15 is 0 Å². The number of aryl methyl sites for hydroxylation is 1. The number of carbonyl (C=O) groups is 1. The van der Waals surface area contributed by atoms with E-state index < -0.39 is 0 Å². The number of nitrogens with zero attached hydrogens (tertiary/aromatic N) is 5. The molecule has 0 N–H and O–H groups in total. The Kier molecular flexibility index (Phi) is 4.83. The number of carbonyl (C=O) groups excluding carboxylic acids is 1. The van der Waals surface area contributed by atoms with Crippen molar-refractivity contribution in [2.45, 2.75) is 32.4 Å².